The highest BCUT2D eigenvalue weighted by Crippen LogP contribution is 2.23. The fraction of sp³-hybridized carbons (Fsp3) is 0.235. The van der Waals surface area contributed by atoms with Crippen molar-refractivity contribution in [3.63, 3.8) is 0 Å². The Morgan fingerprint density at radius 2 is 1.85 bits per heavy atom. The van der Waals surface area contributed by atoms with Gasteiger partial charge in [-0.25, -0.2) is 4.98 Å². The summed E-state index contributed by atoms with van der Waals surface area (Å²) in [6, 6.07) is 14.6. The standard InChI is InChI=1S/C17H19N3/c1-3-14-10-9-12(2)20-16(18)15(19-17(14)20)11-13-7-5-4-6-8-13/h4-10H,3,11,18H2,1-2H3. The number of hydrogen-bond donors (Lipinski definition) is 1. The lowest BCUT2D eigenvalue weighted by atomic mass is 10.1. The lowest BCUT2D eigenvalue weighted by molar-refractivity contribution is 1.05. The highest BCUT2D eigenvalue weighted by Gasteiger charge is 2.13. The number of aryl methyl sites for hydroxylation is 2. The summed E-state index contributed by atoms with van der Waals surface area (Å²) in [4.78, 5) is 4.78. The summed E-state index contributed by atoms with van der Waals surface area (Å²) in [5, 5.41) is 0. The number of anilines is 1. The molecule has 0 radical (unpaired) electrons. The first-order valence-electron chi connectivity index (χ1n) is 7.00. The quantitative estimate of drug-likeness (QED) is 0.789. The molecule has 3 nitrogen and oxygen atoms in total. The van der Waals surface area contributed by atoms with E-state index < -0.39 is 0 Å². The Labute approximate surface area is 119 Å². The smallest absolute Gasteiger partial charge is 0.142 e. The van der Waals surface area contributed by atoms with Gasteiger partial charge < -0.3 is 5.73 Å². The second-order valence-electron chi connectivity index (χ2n) is 5.12. The number of nitrogens with zero attached hydrogens (tertiary/aromatic N) is 2. The van der Waals surface area contributed by atoms with Gasteiger partial charge >= 0.3 is 0 Å². The van der Waals surface area contributed by atoms with E-state index in [2.05, 4.69) is 42.5 Å². The number of imidazole rings is 1. The topological polar surface area (TPSA) is 43.3 Å². The summed E-state index contributed by atoms with van der Waals surface area (Å²) in [7, 11) is 0. The second kappa shape index (κ2) is 5.00. The fourth-order valence-electron chi connectivity index (χ4n) is 2.62. The van der Waals surface area contributed by atoms with Crippen molar-refractivity contribution < 1.29 is 0 Å². The van der Waals surface area contributed by atoms with Crippen LogP contribution in [0, 0.1) is 6.92 Å². The number of nitrogen functional groups attached to an aromatic ring is 1. The maximum Gasteiger partial charge on any atom is 0.142 e. The molecule has 20 heavy (non-hydrogen) atoms. The third-order valence-corrected chi connectivity index (χ3v) is 3.75. The molecule has 0 saturated heterocycles. The van der Waals surface area contributed by atoms with E-state index in [0.29, 0.717) is 0 Å². The molecule has 0 unspecified atom stereocenters. The molecule has 3 aromatic rings. The van der Waals surface area contributed by atoms with Crippen molar-refractivity contribution in [3.05, 3.63) is 65.0 Å². The van der Waals surface area contributed by atoms with Gasteiger partial charge in [0.1, 0.15) is 11.5 Å². The molecule has 0 aliphatic rings. The zero-order valence-electron chi connectivity index (χ0n) is 11.9. The summed E-state index contributed by atoms with van der Waals surface area (Å²) < 4.78 is 2.07. The van der Waals surface area contributed by atoms with Crippen molar-refractivity contribution in [2.24, 2.45) is 0 Å². The van der Waals surface area contributed by atoms with E-state index >= 15 is 0 Å². The van der Waals surface area contributed by atoms with Gasteiger partial charge in [-0.05, 0) is 30.5 Å². The van der Waals surface area contributed by atoms with Crippen LogP contribution in [-0.2, 0) is 12.8 Å². The van der Waals surface area contributed by atoms with Crippen LogP contribution < -0.4 is 5.73 Å². The molecule has 2 N–H and O–H groups in total. The molecular weight excluding hydrogens is 246 g/mol. The molecule has 2 heterocycles. The molecule has 3 heteroatoms. The zero-order chi connectivity index (χ0) is 14.1. The van der Waals surface area contributed by atoms with Gasteiger partial charge in [-0.1, -0.05) is 43.3 Å². The highest BCUT2D eigenvalue weighted by molar-refractivity contribution is 5.59. The van der Waals surface area contributed by atoms with E-state index in [0.717, 1.165) is 35.7 Å². The third-order valence-electron chi connectivity index (χ3n) is 3.75. The number of nitrogens with two attached hydrogens (primary N) is 1. The van der Waals surface area contributed by atoms with Gasteiger partial charge in [-0.15, -0.1) is 0 Å². The minimum absolute atomic E-state index is 0.761. The van der Waals surface area contributed by atoms with Crippen molar-refractivity contribution in [3.8, 4) is 0 Å². The highest BCUT2D eigenvalue weighted by atomic mass is 15.1. The number of rotatable bonds is 3. The number of fused-ring (bicyclic) bond motifs is 1. The molecule has 102 valence electrons. The first-order chi connectivity index (χ1) is 9.70. The van der Waals surface area contributed by atoms with Crippen molar-refractivity contribution in [2.75, 3.05) is 5.73 Å². The minimum atomic E-state index is 0.761. The van der Waals surface area contributed by atoms with Crippen LogP contribution in [0.5, 0.6) is 0 Å². The maximum atomic E-state index is 6.31. The number of hydrogen-bond acceptors (Lipinski definition) is 2. The monoisotopic (exact) mass is 265 g/mol. The van der Waals surface area contributed by atoms with Gasteiger partial charge in [0.2, 0.25) is 0 Å². The maximum absolute atomic E-state index is 6.31. The molecule has 0 bridgehead atoms. The van der Waals surface area contributed by atoms with Crippen LogP contribution in [0.15, 0.2) is 42.5 Å². The average molecular weight is 265 g/mol. The molecule has 0 atom stereocenters. The van der Waals surface area contributed by atoms with Crippen molar-refractivity contribution in [2.45, 2.75) is 26.7 Å². The lowest BCUT2D eigenvalue weighted by Crippen LogP contribution is -2.00. The van der Waals surface area contributed by atoms with Crippen LogP contribution in [-0.4, -0.2) is 9.38 Å². The fourth-order valence-corrected chi connectivity index (χ4v) is 2.62. The molecule has 0 spiro atoms. The van der Waals surface area contributed by atoms with E-state index in [1.807, 2.05) is 18.2 Å². The zero-order valence-corrected chi connectivity index (χ0v) is 11.9. The van der Waals surface area contributed by atoms with Crippen LogP contribution in [0.4, 0.5) is 5.82 Å². The van der Waals surface area contributed by atoms with E-state index in [-0.39, 0.29) is 0 Å². The number of aromatic nitrogens is 2. The largest absolute Gasteiger partial charge is 0.383 e. The van der Waals surface area contributed by atoms with E-state index in [1.165, 1.54) is 11.1 Å². The van der Waals surface area contributed by atoms with Gasteiger partial charge in [-0.2, -0.15) is 0 Å². The normalized spacial score (nSPS) is 11.1. The molecule has 0 amide bonds. The van der Waals surface area contributed by atoms with Gasteiger partial charge in [0.15, 0.2) is 0 Å². The first kappa shape index (κ1) is 12.7. The lowest BCUT2D eigenvalue weighted by Gasteiger charge is -2.05. The molecule has 2 aromatic heterocycles. The van der Waals surface area contributed by atoms with Crippen LogP contribution in [0.3, 0.4) is 0 Å². The Kier molecular flexibility index (Phi) is 3.18. The van der Waals surface area contributed by atoms with E-state index in [9.17, 15) is 0 Å². The van der Waals surface area contributed by atoms with Crippen LogP contribution in [0.1, 0.15) is 29.4 Å². The predicted molar refractivity (Wildman–Crippen MR) is 83.0 cm³/mol. The van der Waals surface area contributed by atoms with Crippen LogP contribution in [0.2, 0.25) is 0 Å². The number of benzene rings is 1. The van der Waals surface area contributed by atoms with Gasteiger partial charge in [0.05, 0.1) is 5.69 Å². The molecular formula is C17H19N3. The Bertz CT molecular complexity index is 742. The van der Waals surface area contributed by atoms with Crippen LogP contribution >= 0.6 is 0 Å². The summed E-state index contributed by atoms with van der Waals surface area (Å²) in [5.74, 6) is 0.761. The Morgan fingerprint density at radius 3 is 2.55 bits per heavy atom. The molecule has 0 aliphatic carbocycles. The Hall–Kier alpha value is -2.29. The van der Waals surface area contributed by atoms with Crippen molar-refractivity contribution in [1.29, 1.82) is 0 Å². The summed E-state index contributed by atoms with van der Waals surface area (Å²) in [5.41, 5.74) is 11.9. The van der Waals surface area contributed by atoms with Gasteiger partial charge in [0, 0.05) is 12.1 Å². The first-order valence-corrected chi connectivity index (χ1v) is 7.00. The molecule has 0 fully saturated rings. The summed E-state index contributed by atoms with van der Waals surface area (Å²) >= 11 is 0. The molecule has 3 rings (SSSR count). The van der Waals surface area contributed by atoms with Gasteiger partial charge in [0.25, 0.3) is 0 Å². The average Bonchev–Trinajstić information content (AvgIpc) is 2.79. The molecule has 1 aromatic carbocycles. The SMILES string of the molecule is CCc1ccc(C)n2c(N)c(Cc3ccccc3)nc12. The van der Waals surface area contributed by atoms with Crippen molar-refractivity contribution >= 4 is 11.5 Å². The summed E-state index contributed by atoms with van der Waals surface area (Å²) in [6.45, 7) is 4.21. The van der Waals surface area contributed by atoms with Crippen LogP contribution in [0.25, 0.3) is 5.65 Å². The summed E-state index contributed by atoms with van der Waals surface area (Å²) in [6.07, 6.45) is 1.74. The van der Waals surface area contributed by atoms with E-state index in [4.69, 9.17) is 10.7 Å². The number of pyridine rings is 1. The third kappa shape index (κ3) is 2.05. The van der Waals surface area contributed by atoms with Gasteiger partial charge in [-0.3, -0.25) is 4.40 Å². The second-order valence-corrected chi connectivity index (χ2v) is 5.12. The predicted octanol–water partition coefficient (Wildman–Crippen LogP) is 3.38. The van der Waals surface area contributed by atoms with E-state index in [1.54, 1.807) is 0 Å². The Morgan fingerprint density at radius 1 is 1.10 bits per heavy atom. The molecule has 0 saturated carbocycles. The minimum Gasteiger partial charge on any atom is -0.383 e. The van der Waals surface area contributed by atoms with Crippen molar-refractivity contribution in [1.82, 2.24) is 9.38 Å². The molecule has 0 aliphatic heterocycles. The Balaban J connectivity index is 2.13.